The van der Waals surface area contributed by atoms with Gasteiger partial charge in [0, 0.05) is 12.8 Å². The highest BCUT2D eigenvalue weighted by Crippen LogP contribution is 2.29. The number of sulfone groups is 1. The predicted octanol–water partition coefficient (Wildman–Crippen LogP) is 1.89. The molecule has 2 aliphatic rings. The molecule has 1 aromatic carbocycles. The molecule has 3 unspecified atom stereocenters. The van der Waals surface area contributed by atoms with E-state index in [4.69, 9.17) is 9.47 Å². The first-order chi connectivity index (χ1) is 14.3. The number of ether oxygens (including phenoxy) is 2. The van der Waals surface area contributed by atoms with Crippen molar-refractivity contribution in [2.24, 2.45) is 0 Å². The van der Waals surface area contributed by atoms with Gasteiger partial charge in [-0.2, -0.15) is 0 Å². The standard InChI is InChI=1S/C21H30N2O6S/c1-30(26,27)14-11-17(22-21(25)29-15-16-7-3-2-4-8-16)20(24)23-12-13-28-19-10-6-5-9-18(19)23/h2-4,7-8,17-19H,5-6,9-15H2,1H3,(H,22,25). The van der Waals surface area contributed by atoms with Gasteiger partial charge in [0.25, 0.3) is 0 Å². The lowest BCUT2D eigenvalue weighted by Gasteiger charge is -2.44. The molecule has 1 aromatic rings. The summed E-state index contributed by atoms with van der Waals surface area (Å²) >= 11 is 0. The topological polar surface area (TPSA) is 102 Å². The minimum atomic E-state index is -3.29. The molecule has 30 heavy (non-hydrogen) atoms. The second-order valence-corrected chi connectivity index (χ2v) is 10.2. The molecule has 166 valence electrons. The van der Waals surface area contributed by atoms with Crippen molar-refractivity contribution < 1.29 is 27.5 Å². The number of benzene rings is 1. The van der Waals surface area contributed by atoms with Crippen molar-refractivity contribution >= 4 is 21.8 Å². The van der Waals surface area contributed by atoms with Crippen molar-refractivity contribution in [3.8, 4) is 0 Å². The first-order valence-electron chi connectivity index (χ1n) is 10.4. The van der Waals surface area contributed by atoms with Crippen LogP contribution in [0.3, 0.4) is 0 Å². The average molecular weight is 439 g/mol. The van der Waals surface area contributed by atoms with Gasteiger partial charge in [-0.3, -0.25) is 4.79 Å². The Kier molecular flexibility index (Phi) is 7.71. The lowest BCUT2D eigenvalue weighted by molar-refractivity contribution is -0.151. The Bertz CT molecular complexity index is 827. The maximum atomic E-state index is 13.3. The predicted molar refractivity (Wildman–Crippen MR) is 112 cm³/mol. The van der Waals surface area contributed by atoms with Gasteiger partial charge in [0.2, 0.25) is 5.91 Å². The van der Waals surface area contributed by atoms with Crippen LogP contribution in [0.25, 0.3) is 0 Å². The number of hydrogen-bond donors (Lipinski definition) is 1. The smallest absolute Gasteiger partial charge is 0.408 e. The summed E-state index contributed by atoms with van der Waals surface area (Å²) in [5.41, 5.74) is 0.824. The number of rotatable bonds is 7. The van der Waals surface area contributed by atoms with Gasteiger partial charge in [0.15, 0.2) is 0 Å². The molecule has 1 aliphatic heterocycles. The maximum absolute atomic E-state index is 13.3. The summed E-state index contributed by atoms with van der Waals surface area (Å²) in [7, 11) is -3.29. The lowest BCUT2D eigenvalue weighted by Crippen LogP contribution is -2.59. The number of amides is 2. The second-order valence-electron chi connectivity index (χ2n) is 7.97. The van der Waals surface area contributed by atoms with Crippen LogP contribution in [0.1, 0.15) is 37.7 Å². The first-order valence-corrected chi connectivity index (χ1v) is 12.5. The fourth-order valence-electron chi connectivity index (χ4n) is 4.07. The highest BCUT2D eigenvalue weighted by Gasteiger charge is 2.39. The van der Waals surface area contributed by atoms with Gasteiger partial charge in [-0.25, -0.2) is 13.2 Å². The van der Waals surface area contributed by atoms with Crippen LogP contribution in [-0.2, 0) is 30.7 Å². The minimum absolute atomic E-state index is 0.00679. The number of nitrogens with one attached hydrogen (secondary N) is 1. The molecule has 3 atom stereocenters. The fraction of sp³-hybridized carbons (Fsp3) is 0.619. The summed E-state index contributed by atoms with van der Waals surface area (Å²) in [4.78, 5) is 27.4. The van der Waals surface area contributed by atoms with Crippen molar-refractivity contribution in [3.63, 3.8) is 0 Å². The molecule has 0 radical (unpaired) electrons. The zero-order chi connectivity index (χ0) is 21.6. The molecule has 0 spiro atoms. The third-order valence-electron chi connectivity index (χ3n) is 5.60. The van der Waals surface area contributed by atoms with E-state index in [-0.39, 0.29) is 36.8 Å². The highest BCUT2D eigenvalue weighted by molar-refractivity contribution is 7.90. The molecular formula is C21H30N2O6S. The van der Waals surface area contributed by atoms with Gasteiger partial charge in [-0.1, -0.05) is 43.2 Å². The van der Waals surface area contributed by atoms with Crippen molar-refractivity contribution in [3.05, 3.63) is 35.9 Å². The molecule has 2 amide bonds. The Balaban J connectivity index is 1.66. The Hall–Kier alpha value is -2.13. The molecule has 1 aliphatic carbocycles. The van der Waals surface area contributed by atoms with E-state index in [1.54, 1.807) is 4.90 Å². The summed E-state index contributed by atoms with van der Waals surface area (Å²) in [5.74, 6) is -0.462. The fourth-order valence-corrected chi connectivity index (χ4v) is 4.73. The zero-order valence-corrected chi connectivity index (χ0v) is 18.1. The van der Waals surface area contributed by atoms with Crippen LogP contribution in [0.15, 0.2) is 30.3 Å². The number of hydrogen-bond acceptors (Lipinski definition) is 6. The number of morpholine rings is 1. The van der Waals surface area contributed by atoms with E-state index in [0.29, 0.717) is 13.2 Å². The summed E-state index contributed by atoms with van der Waals surface area (Å²) in [6.07, 6.45) is 4.26. The van der Waals surface area contributed by atoms with Crippen LogP contribution in [-0.4, -0.2) is 68.7 Å². The molecule has 2 fully saturated rings. The van der Waals surface area contributed by atoms with Crippen molar-refractivity contribution in [2.75, 3.05) is 25.2 Å². The van der Waals surface area contributed by atoms with Gasteiger partial charge in [0.1, 0.15) is 22.5 Å². The molecular weight excluding hydrogens is 408 g/mol. The normalized spacial score (nSPS) is 22.6. The quantitative estimate of drug-likeness (QED) is 0.698. The van der Waals surface area contributed by atoms with Crippen LogP contribution in [0, 0.1) is 0 Å². The summed E-state index contributed by atoms with van der Waals surface area (Å²) in [6.45, 7) is 0.961. The van der Waals surface area contributed by atoms with Crippen molar-refractivity contribution in [1.29, 1.82) is 0 Å². The summed E-state index contributed by atoms with van der Waals surface area (Å²) < 4.78 is 34.4. The molecule has 1 saturated carbocycles. The maximum Gasteiger partial charge on any atom is 0.408 e. The Morgan fingerprint density at radius 1 is 1.23 bits per heavy atom. The minimum Gasteiger partial charge on any atom is -0.445 e. The van der Waals surface area contributed by atoms with Gasteiger partial charge < -0.3 is 19.7 Å². The number of fused-ring (bicyclic) bond motifs is 1. The van der Waals surface area contributed by atoms with Crippen LogP contribution < -0.4 is 5.32 Å². The third kappa shape index (κ3) is 6.43. The molecule has 1 saturated heterocycles. The Morgan fingerprint density at radius 3 is 2.70 bits per heavy atom. The van der Waals surface area contributed by atoms with Gasteiger partial charge in [0.05, 0.1) is 24.5 Å². The average Bonchev–Trinajstić information content (AvgIpc) is 2.74. The van der Waals surface area contributed by atoms with Gasteiger partial charge in [-0.05, 0) is 24.8 Å². The van der Waals surface area contributed by atoms with E-state index in [1.807, 2.05) is 30.3 Å². The zero-order valence-electron chi connectivity index (χ0n) is 17.3. The number of nitrogens with zero attached hydrogens (tertiary/aromatic N) is 1. The van der Waals surface area contributed by atoms with E-state index >= 15 is 0 Å². The molecule has 0 aromatic heterocycles. The molecule has 0 bridgehead atoms. The van der Waals surface area contributed by atoms with Crippen molar-refractivity contribution in [2.45, 2.75) is 56.9 Å². The third-order valence-corrected chi connectivity index (χ3v) is 6.57. The molecule has 3 rings (SSSR count). The number of alkyl carbamates (subject to hydrolysis) is 1. The Morgan fingerprint density at radius 2 is 1.97 bits per heavy atom. The number of carbonyl (C=O) groups is 2. The summed E-state index contributed by atoms with van der Waals surface area (Å²) in [6, 6.07) is 8.23. The largest absolute Gasteiger partial charge is 0.445 e. The summed E-state index contributed by atoms with van der Waals surface area (Å²) in [5, 5.41) is 2.59. The van der Waals surface area contributed by atoms with Gasteiger partial charge >= 0.3 is 6.09 Å². The van der Waals surface area contributed by atoms with E-state index in [2.05, 4.69) is 5.32 Å². The van der Waals surface area contributed by atoms with Crippen LogP contribution in [0.2, 0.25) is 0 Å². The molecule has 1 heterocycles. The Labute approximate surface area is 177 Å². The molecule has 1 N–H and O–H groups in total. The lowest BCUT2D eigenvalue weighted by atomic mass is 9.89. The van der Waals surface area contributed by atoms with E-state index in [9.17, 15) is 18.0 Å². The second kappa shape index (κ2) is 10.3. The van der Waals surface area contributed by atoms with Crippen LogP contribution in [0.5, 0.6) is 0 Å². The van der Waals surface area contributed by atoms with Gasteiger partial charge in [-0.15, -0.1) is 0 Å². The first kappa shape index (κ1) is 22.6. The SMILES string of the molecule is CS(=O)(=O)CCC(NC(=O)OCc1ccccc1)C(=O)N1CCOC2CCCCC21. The van der Waals surface area contributed by atoms with E-state index < -0.39 is 22.0 Å². The van der Waals surface area contributed by atoms with E-state index in [1.165, 1.54) is 0 Å². The highest BCUT2D eigenvalue weighted by atomic mass is 32.2. The monoisotopic (exact) mass is 438 g/mol. The molecule has 8 nitrogen and oxygen atoms in total. The number of carbonyl (C=O) groups excluding carboxylic acids is 2. The van der Waals surface area contributed by atoms with Crippen LogP contribution in [0.4, 0.5) is 4.79 Å². The van der Waals surface area contributed by atoms with Crippen molar-refractivity contribution in [1.82, 2.24) is 10.2 Å². The van der Waals surface area contributed by atoms with Crippen LogP contribution >= 0.6 is 0 Å². The molecule has 9 heteroatoms. The van der Waals surface area contributed by atoms with E-state index in [0.717, 1.165) is 37.5 Å².